The highest BCUT2D eigenvalue weighted by Crippen LogP contribution is 2.50. The average Bonchev–Trinajstić information content (AvgIpc) is 4.23. The number of halogens is 1. The Balaban J connectivity index is 0.000000175. The van der Waals surface area contributed by atoms with Crippen LogP contribution in [0, 0.1) is 27.6 Å². The lowest BCUT2D eigenvalue weighted by atomic mass is 9.64. The first kappa shape index (κ1) is 49.8. The third kappa shape index (κ3) is 12.2. The monoisotopic (exact) mass is 916 g/mol. The molecule has 1 aromatic heterocycles. The van der Waals surface area contributed by atoms with Gasteiger partial charge in [-0.05, 0) is 99.3 Å². The molecule has 14 nitrogen and oxygen atoms in total. The molecule has 3 aromatic rings. The predicted molar refractivity (Wildman–Crippen MR) is 243 cm³/mol. The number of ether oxygens (including phenoxy) is 4. The molecule has 2 aliphatic heterocycles. The molecule has 15 heteroatoms. The number of rotatable bonds is 13. The molecule has 3 heterocycles. The summed E-state index contributed by atoms with van der Waals surface area (Å²) in [4.78, 5) is 72.8. The predicted octanol–water partition coefficient (Wildman–Crippen LogP) is 6.83. The lowest BCUT2D eigenvalue weighted by Crippen LogP contribution is -2.46. The van der Waals surface area contributed by atoms with Crippen molar-refractivity contribution >= 4 is 47.5 Å². The fourth-order valence-electron chi connectivity index (χ4n) is 9.70. The highest BCUT2D eigenvalue weighted by atomic mass is 35.5. The quantitative estimate of drug-likeness (QED) is 0.0785. The summed E-state index contributed by atoms with van der Waals surface area (Å²) in [7, 11) is 0. The minimum absolute atomic E-state index is 0. The molecular weight excluding hydrogens is 852 g/mol. The Morgan fingerprint density at radius 3 is 1.63 bits per heavy atom. The molecule has 6 aliphatic rings. The molecule has 0 unspecified atom stereocenters. The van der Waals surface area contributed by atoms with E-state index >= 15 is 0 Å². The molecule has 3 N–H and O–H groups in total. The van der Waals surface area contributed by atoms with E-state index in [4.69, 9.17) is 29.9 Å². The number of aromatic nitrogens is 2. The number of Topliss-reactive ketones (excluding diaryl/α,β-unsaturated/α-hetero) is 4. The molecule has 2 spiro atoms. The molecule has 2 aromatic carbocycles. The number of ketones is 4. The van der Waals surface area contributed by atoms with Crippen molar-refractivity contribution in [1.82, 2.24) is 15.2 Å². The number of fused-ring (bicyclic) bond motifs is 1. The SMILES string of the molecule is CCC(=O)C1C(=O)CC2(CCOCC2)CC1=O.CCc1nn(CC2(COC(=O)c3ccccc3)CC2)c2c1C(=O)CC1(CCOCC1)C2.Cl.NNCC1(COC(=O)c2ccccc2)CC1. The summed E-state index contributed by atoms with van der Waals surface area (Å²) in [5.41, 5.74) is 6.50. The largest absolute Gasteiger partial charge is 0.461 e. The number of hydrogen-bond acceptors (Lipinski definition) is 13. The number of benzene rings is 2. The second-order valence-corrected chi connectivity index (χ2v) is 19.1. The molecule has 2 saturated heterocycles. The maximum atomic E-state index is 13.1. The first-order valence-electron chi connectivity index (χ1n) is 23.1. The molecule has 65 heavy (non-hydrogen) atoms. The van der Waals surface area contributed by atoms with Crippen molar-refractivity contribution in [3.63, 3.8) is 0 Å². The fourth-order valence-corrected chi connectivity index (χ4v) is 9.70. The van der Waals surface area contributed by atoms with Crippen LogP contribution in [0.15, 0.2) is 60.7 Å². The van der Waals surface area contributed by atoms with E-state index in [1.54, 1.807) is 31.2 Å². The molecule has 352 valence electrons. The molecule has 0 atom stereocenters. The highest BCUT2D eigenvalue weighted by Gasteiger charge is 2.49. The highest BCUT2D eigenvalue weighted by molar-refractivity contribution is 6.20. The third-order valence-corrected chi connectivity index (χ3v) is 14.3. The van der Waals surface area contributed by atoms with Gasteiger partial charge in [-0.2, -0.15) is 5.10 Å². The number of aryl methyl sites for hydroxylation is 1. The van der Waals surface area contributed by atoms with Crippen LogP contribution in [0.4, 0.5) is 0 Å². The zero-order valence-corrected chi connectivity index (χ0v) is 38.7. The Hall–Kier alpha value is -4.60. The van der Waals surface area contributed by atoms with Gasteiger partial charge in [0.25, 0.3) is 0 Å². The number of nitrogens with zero attached hydrogens (tertiary/aromatic N) is 2. The number of nitrogens with two attached hydrogens (primary N) is 1. The van der Waals surface area contributed by atoms with Gasteiger partial charge in [0.15, 0.2) is 23.1 Å². The summed E-state index contributed by atoms with van der Waals surface area (Å²) in [6.07, 6.45) is 10.8. The van der Waals surface area contributed by atoms with Crippen LogP contribution in [0.1, 0.15) is 133 Å². The zero-order valence-electron chi connectivity index (χ0n) is 37.9. The maximum Gasteiger partial charge on any atom is 0.338 e. The lowest BCUT2D eigenvalue weighted by Gasteiger charge is -2.40. The van der Waals surface area contributed by atoms with Crippen LogP contribution >= 0.6 is 12.4 Å². The zero-order chi connectivity index (χ0) is 45.4. The standard InChI is InChI=1S/C25H30N2O4.C13H18O4.C12H16N2O2.ClH/c1-2-19-22-20(14-24(15-21(22)28)10-12-30-13-11-24)27(26-19)16-25(8-9-25)17-31-23(29)18-6-4-3-5-7-18;1-2-9(14)12-10(15)7-13(8-11(12)16)3-5-17-6-4-13;13-14-8-12(6-7-12)9-16-11(15)10-4-2-1-3-5-10;/h3-7H,2,8-17H2,1H3;12H,2-8H2,1H3;1-5,14H,6-9,13H2;1H. The minimum Gasteiger partial charge on any atom is -0.461 e. The Morgan fingerprint density at radius 2 is 1.18 bits per heavy atom. The number of carbonyl (C=O) groups excluding carboxylic acids is 6. The van der Waals surface area contributed by atoms with E-state index in [1.165, 1.54) is 0 Å². The van der Waals surface area contributed by atoms with E-state index < -0.39 is 5.92 Å². The number of carbonyl (C=O) groups is 6. The maximum absolute atomic E-state index is 13.1. The van der Waals surface area contributed by atoms with Gasteiger partial charge in [0, 0.05) is 69.5 Å². The molecule has 5 fully saturated rings. The van der Waals surface area contributed by atoms with Gasteiger partial charge in [0.1, 0.15) is 5.92 Å². The normalized spacial score (nSPS) is 20.8. The van der Waals surface area contributed by atoms with Gasteiger partial charge in [0.05, 0.1) is 47.8 Å². The van der Waals surface area contributed by atoms with Gasteiger partial charge in [-0.25, -0.2) is 9.59 Å². The third-order valence-electron chi connectivity index (χ3n) is 14.3. The van der Waals surface area contributed by atoms with Crippen LogP contribution < -0.4 is 11.3 Å². The number of hydrazine groups is 1. The van der Waals surface area contributed by atoms with Gasteiger partial charge < -0.3 is 18.9 Å². The van der Waals surface area contributed by atoms with Crippen molar-refractivity contribution in [3.8, 4) is 0 Å². The van der Waals surface area contributed by atoms with Gasteiger partial charge in [-0.1, -0.05) is 50.2 Å². The Morgan fingerprint density at radius 1 is 0.708 bits per heavy atom. The molecular formula is C50H65ClN4O10. The molecule has 0 bridgehead atoms. The fraction of sp³-hybridized carbons (Fsp3) is 0.580. The van der Waals surface area contributed by atoms with Crippen LogP contribution in [-0.2, 0) is 52.7 Å². The van der Waals surface area contributed by atoms with Crippen molar-refractivity contribution in [2.24, 2.45) is 33.4 Å². The Kier molecular flexibility index (Phi) is 16.7. The van der Waals surface area contributed by atoms with E-state index in [0.29, 0.717) is 69.9 Å². The van der Waals surface area contributed by atoms with Gasteiger partial charge in [-0.3, -0.25) is 35.1 Å². The van der Waals surface area contributed by atoms with Crippen molar-refractivity contribution in [1.29, 1.82) is 0 Å². The van der Waals surface area contributed by atoms with E-state index in [1.807, 2.05) is 36.4 Å². The summed E-state index contributed by atoms with van der Waals surface area (Å²) in [5.74, 6) is 3.46. The molecule has 3 saturated carbocycles. The smallest absolute Gasteiger partial charge is 0.338 e. The second-order valence-electron chi connectivity index (χ2n) is 19.1. The van der Waals surface area contributed by atoms with Crippen molar-refractivity contribution in [2.45, 2.75) is 110 Å². The topological polar surface area (TPSA) is 195 Å². The number of nitrogens with one attached hydrogen (secondary N) is 1. The van der Waals surface area contributed by atoms with Gasteiger partial charge in [0.2, 0.25) is 0 Å². The second kappa shape index (κ2) is 21.8. The molecule has 0 radical (unpaired) electrons. The molecule has 9 rings (SSSR count). The first-order valence-corrected chi connectivity index (χ1v) is 23.1. The van der Waals surface area contributed by atoms with E-state index in [2.05, 4.69) is 17.0 Å². The summed E-state index contributed by atoms with van der Waals surface area (Å²) in [6, 6.07) is 18.2. The van der Waals surface area contributed by atoms with Crippen molar-refractivity contribution in [2.75, 3.05) is 46.2 Å². The number of esters is 2. The van der Waals surface area contributed by atoms with Crippen LogP contribution in [0.25, 0.3) is 0 Å². The number of hydrogen-bond donors (Lipinski definition) is 2. The van der Waals surface area contributed by atoms with Crippen LogP contribution in [0.5, 0.6) is 0 Å². The van der Waals surface area contributed by atoms with E-state index in [0.717, 1.165) is 94.4 Å². The summed E-state index contributed by atoms with van der Waals surface area (Å²) in [5, 5.41) is 4.87. The Labute approximate surface area is 387 Å². The van der Waals surface area contributed by atoms with Gasteiger partial charge in [-0.15, -0.1) is 12.4 Å². The summed E-state index contributed by atoms with van der Waals surface area (Å²) in [6.45, 7) is 8.71. The molecule has 0 amide bonds. The summed E-state index contributed by atoms with van der Waals surface area (Å²) >= 11 is 0. The van der Waals surface area contributed by atoms with Crippen molar-refractivity contribution in [3.05, 3.63) is 88.7 Å². The van der Waals surface area contributed by atoms with Crippen LogP contribution in [0.3, 0.4) is 0 Å². The summed E-state index contributed by atoms with van der Waals surface area (Å²) < 4.78 is 23.9. The van der Waals surface area contributed by atoms with Crippen LogP contribution in [-0.4, -0.2) is 91.0 Å². The van der Waals surface area contributed by atoms with Crippen LogP contribution in [0.2, 0.25) is 0 Å². The van der Waals surface area contributed by atoms with E-state index in [9.17, 15) is 28.8 Å². The molecule has 4 aliphatic carbocycles. The Bertz CT molecular complexity index is 2140. The van der Waals surface area contributed by atoms with Crippen molar-refractivity contribution < 1.29 is 47.7 Å². The van der Waals surface area contributed by atoms with E-state index in [-0.39, 0.29) is 75.6 Å². The lowest BCUT2D eigenvalue weighted by molar-refractivity contribution is -0.148. The first-order chi connectivity index (χ1) is 30.9. The minimum atomic E-state index is -0.964. The average molecular weight is 918 g/mol. The van der Waals surface area contributed by atoms with Gasteiger partial charge >= 0.3 is 11.9 Å².